The molecule has 0 saturated carbocycles. The zero-order chi connectivity index (χ0) is 20.8. The first-order valence-corrected chi connectivity index (χ1v) is 9.29. The normalized spacial score (nSPS) is 15.6. The summed E-state index contributed by atoms with van der Waals surface area (Å²) < 4.78 is 5.07. The zero-order valence-corrected chi connectivity index (χ0v) is 16.0. The minimum atomic E-state index is -0.728. The molecular weight excluding hydrogens is 372 g/mol. The summed E-state index contributed by atoms with van der Waals surface area (Å²) in [5, 5.41) is 8.49. The lowest BCUT2D eigenvalue weighted by Gasteiger charge is -2.20. The average Bonchev–Trinajstić information content (AvgIpc) is 3.19. The fraction of sp³-hybridized carbons (Fsp3) is 0.238. The largest absolute Gasteiger partial charge is 0.462 e. The van der Waals surface area contributed by atoms with Gasteiger partial charge in [0.05, 0.1) is 17.9 Å². The van der Waals surface area contributed by atoms with Gasteiger partial charge in [-0.05, 0) is 42.8 Å². The average molecular weight is 394 g/mol. The predicted octanol–water partition coefficient (Wildman–Crippen LogP) is 2.31. The van der Waals surface area contributed by atoms with Gasteiger partial charge in [0.15, 0.2) is 0 Å². The molecule has 0 spiro atoms. The lowest BCUT2D eigenvalue weighted by atomic mass is 10.1. The number of benzene rings is 2. The minimum absolute atomic E-state index is 0.109. The van der Waals surface area contributed by atoms with Crippen LogP contribution in [0.15, 0.2) is 59.7 Å². The van der Waals surface area contributed by atoms with Crippen LogP contribution in [0.5, 0.6) is 0 Å². The van der Waals surface area contributed by atoms with E-state index in [0.717, 1.165) is 6.42 Å². The van der Waals surface area contributed by atoms with Gasteiger partial charge in [-0.3, -0.25) is 14.6 Å². The summed E-state index contributed by atoms with van der Waals surface area (Å²) in [5.74, 6) is -1.40. The molecule has 0 radical (unpaired) electrons. The van der Waals surface area contributed by atoms with Crippen molar-refractivity contribution in [2.75, 3.05) is 16.9 Å². The van der Waals surface area contributed by atoms with Crippen molar-refractivity contribution in [1.29, 1.82) is 0 Å². The third-order valence-electron chi connectivity index (χ3n) is 4.34. The van der Waals surface area contributed by atoms with Gasteiger partial charge >= 0.3 is 5.97 Å². The molecule has 2 amide bonds. The van der Waals surface area contributed by atoms with E-state index in [4.69, 9.17) is 10.5 Å². The number of nitrogens with zero attached hydrogens (tertiary/aromatic N) is 2. The Kier molecular flexibility index (Phi) is 6.23. The van der Waals surface area contributed by atoms with E-state index in [9.17, 15) is 14.4 Å². The first-order chi connectivity index (χ1) is 14.0. The molecule has 3 rings (SSSR count). The second-order valence-electron chi connectivity index (χ2n) is 6.52. The van der Waals surface area contributed by atoms with E-state index in [-0.39, 0.29) is 12.1 Å². The van der Waals surface area contributed by atoms with Crippen molar-refractivity contribution in [3.8, 4) is 0 Å². The van der Waals surface area contributed by atoms with Crippen LogP contribution in [0.25, 0.3) is 0 Å². The number of rotatable bonds is 7. The van der Waals surface area contributed by atoms with Crippen molar-refractivity contribution in [3.05, 3.63) is 60.2 Å². The quantitative estimate of drug-likeness (QED) is 0.700. The Bertz CT molecular complexity index is 925. The number of ether oxygens (including phenoxy) is 1. The van der Waals surface area contributed by atoms with Gasteiger partial charge < -0.3 is 15.8 Å². The molecule has 0 aliphatic carbocycles. The van der Waals surface area contributed by atoms with Gasteiger partial charge in [0.1, 0.15) is 11.8 Å². The van der Waals surface area contributed by atoms with Crippen LogP contribution in [0.2, 0.25) is 0 Å². The van der Waals surface area contributed by atoms with Gasteiger partial charge in [-0.2, -0.15) is 5.10 Å². The predicted molar refractivity (Wildman–Crippen MR) is 110 cm³/mol. The minimum Gasteiger partial charge on any atom is -0.462 e. The number of carbonyl (C=O) groups excluding carboxylic acids is 3. The number of esters is 1. The Morgan fingerprint density at radius 3 is 2.45 bits per heavy atom. The molecule has 0 fully saturated rings. The molecule has 0 saturated heterocycles. The monoisotopic (exact) mass is 394 g/mol. The maximum atomic E-state index is 12.6. The van der Waals surface area contributed by atoms with E-state index < -0.39 is 23.8 Å². The molecule has 1 unspecified atom stereocenters. The molecule has 2 aromatic rings. The van der Waals surface area contributed by atoms with E-state index >= 15 is 0 Å². The standard InChI is InChI=1S/C21H22N4O4/c1-2-12-29-21(28)14-8-10-15(11-9-14)23-20(27)17-13-18(19(22)26)25(24-17)16-6-4-3-5-7-16/h3-11,18H,2,12-13H2,1H3,(H2,22,26)(H,23,27). The molecule has 150 valence electrons. The van der Waals surface area contributed by atoms with E-state index in [1.807, 2.05) is 25.1 Å². The Labute approximate surface area is 168 Å². The van der Waals surface area contributed by atoms with Crippen LogP contribution < -0.4 is 16.1 Å². The van der Waals surface area contributed by atoms with Crippen LogP contribution in [-0.4, -0.2) is 36.1 Å². The Morgan fingerprint density at radius 1 is 1.14 bits per heavy atom. The van der Waals surface area contributed by atoms with Crippen molar-refractivity contribution >= 4 is 34.9 Å². The Morgan fingerprint density at radius 2 is 1.83 bits per heavy atom. The van der Waals surface area contributed by atoms with E-state index in [1.54, 1.807) is 36.4 Å². The maximum absolute atomic E-state index is 12.6. The molecule has 1 heterocycles. The van der Waals surface area contributed by atoms with Gasteiger partial charge in [-0.15, -0.1) is 0 Å². The molecule has 0 aromatic heterocycles. The number of nitrogens with two attached hydrogens (primary N) is 1. The fourth-order valence-corrected chi connectivity index (χ4v) is 2.86. The van der Waals surface area contributed by atoms with Crippen LogP contribution in [-0.2, 0) is 14.3 Å². The molecule has 1 atom stereocenters. The van der Waals surface area contributed by atoms with Crippen molar-refractivity contribution in [1.82, 2.24) is 0 Å². The van der Waals surface area contributed by atoms with Gasteiger partial charge in [-0.1, -0.05) is 25.1 Å². The highest BCUT2D eigenvalue weighted by Gasteiger charge is 2.34. The lowest BCUT2D eigenvalue weighted by molar-refractivity contribution is -0.119. The third kappa shape index (κ3) is 4.78. The maximum Gasteiger partial charge on any atom is 0.338 e. The number of hydrazone groups is 1. The number of hydrogen-bond acceptors (Lipinski definition) is 6. The van der Waals surface area contributed by atoms with Gasteiger partial charge in [0.25, 0.3) is 5.91 Å². The van der Waals surface area contributed by atoms with Gasteiger partial charge in [0.2, 0.25) is 5.91 Å². The molecule has 8 nitrogen and oxygen atoms in total. The number of amides is 2. The summed E-state index contributed by atoms with van der Waals surface area (Å²) in [4.78, 5) is 36.3. The summed E-state index contributed by atoms with van der Waals surface area (Å²) in [6, 6.07) is 14.7. The van der Waals surface area contributed by atoms with Crippen molar-refractivity contribution < 1.29 is 19.1 Å². The summed E-state index contributed by atoms with van der Waals surface area (Å²) >= 11 is 0. The summed E-state index contributed by atoms with van der Waals surface area (Å²) in [6.07, 6.45) is 0.853. The Balaban J connectivity index is 1.70. The molecule has 2 aromatic carbocycles. The van der Waals surface area contributed by atoms with E-state index in [2.05, 4.69) is 10.4 Å². The highest BCUT2D eigenvalue weighted by atomic mass is 16.5. The summed E-state index contributed by atoms with van der Waals surface area (Å²) in [7, 11) is 0. The highest BCUT2D eigenvalue weighted by Crippen LogP contribution is 2.24. The van der Waals surface area contributed by atoms with Crippen molar-refractivity contribution in [2.24, 2.45) is 10.8 Å². The molecule has 1 aliphatic heterocycles. The number of primary amides is 1. The first-order valence-electron chi connectivity index (χ1n) is 9.29. The molecule has 1 aliphatic rings. The van der Waals surface area contributed by atoms with Crippen molar-refractivity contribution in [2.45, 2.75) is 25.8 Å². The topological polar surface area (TPSA) is 114 Å². The lowest BCUT2D eigenvalue weighted by Crippen LogP contribution is -2.39. The summed E-state index contributed by atoms with van der Waals surface area (Å²) in [6.45, 7) is 2.27. The number of nitrogens with one attached hydrogen (secondary N) is 1. The van der Waals surface area contributed by atoms with Crippen LogP contribution in [0, 0.1) is 0 Å². The van der Waals surface area contributed by atoms with Crippen LogP contribution >= 0.6 is 0 Å². The molecule has 3 N–H and O–H groups in total. The van der Waals surface area contributed by atoms with E-state index in [1.165, 1.54) is 5.01 Å². The van der Waals surface area contributed by atoms with Crippen LogP contribution in [0.1, 0.15) is 30.1 Å². The molecule has 8 heteroatoms. The molecular formula is C21H22N4O4. The third-order valence-corrected chi connectivity index (χ3v) is 4.34. The van der Waals surface area contributed by atoms with Crippen molar-refractivity contribution in [3.63, 3.8) is 0 Å². The second-order valence-corrected chi connectivity index (χ2v) is 6.52. The number of anilines is 2. The number of carbonyl (C=O) groups is 3. The first kappa shape index (κ1) is 20.1. The fourth-order valence-electron chi connectivity index (χ4n) is 2.86. The molecule has 0 bridgehead atoms. The Hall–Kier alpha value is -3.68. The smallest absolute Gasteiger partial charge is 0.338 e. The highest BCUT2D eigenvalue weighted by molar-refractivity contribution is 6.44. The SMILES string of the molecule is CCCOC(=O)c1ccc(NC(=O)C2=NN(c3ccccc3)C(C(N)=O)C2)cc1. The van der Waals surface area contributed by atoms with E-state index in [0.29, 0.717) is 23.5 Å². The molecule has 29 heavy (non-hydrogen) atoms. The van der Waals surface area contributed by atoms with Crippen LogP contribution in [0.4, 0.5) is 11.4 Å². The summed E-state index contributed by atoms with van der Waals surface area (Å²) in [5.41, 5.74) is 7.26. The number of para-hydroxylation sites is 1. The number of hydrogen-bond donors (Lipinski definition) is 2. The zero-order valence-electron chi connectivity index (χ0n) is 16.0. The second kappa shape index (κ2) is 9.01. The van der Waals surface area contributed by atoms with Crippen LogP contribution in [0.3, 0.4) is 0 Å². The van der Waals surface area contributed by atoms with Gasteiger partial charge in [-0.25, -0.2) is 4.79 Å². The van der Waals surface area contributed by atoms with Gasteiger partial charge in [0, 0.05) is 12.1 Å².